The standard InChI is InChI=1S/C14H20ClNO2/c1-13(2,3)18-12(17)14(4,5)16-11-8-6-10(15)7-9-11/h6-9,16H,1-5H3. The van der Waals surface area contributed by atoms with Crippen LogP contribution in [-0.4, -0.2) is 17.1 Å². The van der Waals surface area contributed by atoms with Crippen LogP contribution >= 0.6 is 11.6 Å². The maximum absolute atomic E-state index is 12.0. The summed E-state index contributed by atoms with van der Waals surface area (Å²) in [4.78, 5) is 12.0. The fourth-order valence-electron chi connectivity index (χ4n) is 1.35. The number of esters is 1. The number of anilines is 1. The van der Waals surface area contributed by atoms with Crippen molar-refractivity contribution in [3.8, 4) is 0 Å². The lowest BCUT2D eigenvalue weighted by atomic mass is 10.0. The van der Waals surface area contributed by atoms with Crippen molar-refractivity contribution >= 4 is 23.3 Å². The van der Waals surface area contributed by atoms with Crippen molar-refractivity contribution in [2.75, 3.05) is 5.32 Å². The van der Waals surface area contributed by atoms with Crippen LogP contribution in [0.15, 0.2) is 24.3 Å². The summed E-state index contributed by atoms with van der Waals surface area (Å²) in [6.07, 6.45) is 0. The number of carbonyl (C=O) groups excluding carboxylic acids is 1. The summed E-state index contributed by atoms with van der Waals surface area (Å²) in [5, 5.41) is 3.80. The molecule has 4 heteroatoms. The first-order valence-electron chi connectivity index (χ1n) is 5.87. The number of carbonyl (C=O) groups is 1. The van der Waals surface area contributed by atoms with Gasteiger partial charge in [0.25, 0.3) is 0 Å². The smallest absolute Gasteiger partial charge is 0.331 e. The Balaban J connectivity index is 2.75. The zero-order chi connectivity index (χ0) is 14.0. The predicted molar refractivity (Wildman–Crippen MR) is 75.0 cm³/mol. The fraction of sp³-hybridized carbons (Fsp3) is 0.500. The van der Waals surface area contributed by atoms with E-state index in [-0.39, 0.29) is 5.97 Å². The highest BCUT2D eigenvalue weighted by Crippen LogP contribution is 2.21. The minimum absolute atomic E-state index is 0.287. The van der Waals surface area contributed by atoms with E-state index >= 15 is 0 Å². The van der Waals surface area contributed by atoms with Crippen LogP contribution in [0.25, 0.3) is 0 Å². The molecule has 0 aliphatic carbocycles. The topological polar surface area (TPSA) is 38.3 Å². The van der Waals surface area contributed by atoms with Crippen molar-refractivity contribution in [2.24, 2.45) is 0 Å². The van der Waals surface area contributed by atoms with E-state index in [4.69, 9.17) is 16.3 Å². The average Bonchev–Trinajstić information content (AvgIpc) is 2.18. The van der Waals surface area contributed by atoms with Gasteiger partial charge in [-0.05, 0) is 58.9 Å². The van der Waals surface area contributed by atoms with Gasteiger partial charge in [0.15, 0.2) is 0 Å². The Morgan fingerprint density at radius 3 is 2.06 bits per heavy atom. The molecule has 18 heavy (non-hydrogen) atoms. The Morgan fingerprint density at radius 1 is 1.11 bits per heavy atom. The molecule has 1 aromatic carbocycles. The molecule has 0 atom stereocenters. The lowest BCUT2D eigenvalue weighted by Gasteiger charge is -2.30. The molecule has 1 aromatic rings. The molecule has 0 saturated carbocycles. The quantitative estimate of drug-likeness (QED) is 0.847. The molecule has 0 heterocycles. The third kappa shape index (κ3) is 4.57. The highest BCUT2D eigenvalue weighted by molar-refractivity contribution is 6.30. The summed E-state index contributed by atoms with van der Waals surface area (Å²) in [6, 6.07) is 7.20. The number of benzene rings is 1. The van der Waals surface area contributed by atoms with E-state index in [0.717, 1.165) is 5.69 Å². The highest BCUT2D eigenvalue weighted by Gasteiger charge is 2.32. The van der Waals surface area contributed by atoms with E-state index in [1.807, 2.05) is 32.9 Å². The van der Waals surface area contributed by atoms with Crippen LogP contribution in [0.1, 0.15) is 34.6 Å². The zero-order valence-corrected chi connectivity index (χ0v) is 12.3. The van der Waals surface area contributed by atoms with Gasteiger partial charge in [0.05, 0.1) is 0 Å². The Hall–Kier alpha value is -1.22. The number of ether oxygens (including phenoxy) is 1. The van der Waals surface area contributed by atoms with Gasteiger partial charge < -0.3 is 10.1 Å². The number of rotatable bonds is 3. The summed E-state index contributed by atoms with van der Waals surface area (Å²) >= 11 is 5.81. The third-order valence-corrected chi connectivity index (χ3v) is 2.46. The fourth-order valence-corrected chi connectivity index (χ4v) is 1.48. The molecule has 0 spiro atoms. The van der Waals surface area contributed by atoms with E-state index in [0.29, 0.717) is 5.02 Å². The molecule has 0 fully saturated rings. The van der Waals surface area contributed by atoms with Crippen LogP contribution in [0.2, 0.25) is 5.02 Å². The van der Waals surface area contributed by atoms with Crippen LogP contribution in [0, 0.1) is 0 Å². The summed E-state index contributed by atoms with van der Waals surface area (Å²) in [5.74, 6) is -0.287. The van der Waals surface area contributed by atoms with Gasteiger partial charge >= 0.3 is 5.97 Å². The number of nitrogens with one attached hydrogen (secondary N) is 1. The van der Waals surface area contributed by atoms with E-state index in [2.05, 4.69) is 5.32 Å². The zero-order valence-electron chi connectivity index (χ0n) is 11.5. The van der Waals surface area contributed by atoms with Gasteiger partial charge in [-0.2, -0.15) is 0 Å². The second kappa shape index (κ2) is 5.19. The summed E-state index contributed by atoms with van der Waals surface area (Å²) in [6.45, 7) is 9.13. The molecule has 0 saturated heterocycles. The molecule has 1 rings (SSSR count). The minimum atomic E-state index is -0.791. The van der Waals surface area contributed by atoms with E-state index in [1.165, 1.54) is 0 Å². The van der Waals surface area contributed by atoms with Crippen molar-refractivity contribution in [2.45, 2.75) is 45.8 Å². The summed E-state index contributed by atoms with van der Waals surface area (Å²) < 4.78 is 5.37. The van der Waals surface area contributed by atoms with Gasteiger partial charge in [-0.15, -0.1) is 0 Å². The number of hydrogen-bond donors (Lipinski definition) is 1. The van der Waals surface area contributed by atoms with Crippen LogP contribution in [0.4, 0.5) is 5.69 Å². The lowest BCUT2D eigenvalue weighted by Crippen LogP contribution is -2.44. The molecule has 3 nitrogen and oxygen atoms in total. The lowest BCUT2D eigenvalue weighted by molar-refractivity contribution is -0.159. The largest absolute Gasteiger partial charge is 0.458 e. The molecule has 100 valence electrons. The first-order chi connectivity index (χ1) is 8.10. The second-order valence-corrected chi connectivity index (χ2v) is 6.20. The van der Waals surface area contributed by atoms with E-state index < -0.39 is 11.1 Å². The maximum Gasteiger partial charge on any atom is 0.331 e. The molecule has 0 radical (unpaired) electrons. The Labute approximate surface area is 113 Å². The van der Waals surface area contributed by atoms with Gasteiger partial charge in [0, 0.05) is 10.7 Å². The molecule has 0 unspecified atom stereocenters. The van der Waals surface area contributed by atoms with Gasteiger partial charge in [0.1, 0.15) is 11.1 Å². The first-order valence-corrected chi connectivity index (χ1v) is 6.25. The van der Waals surface area contributed by atoms with Crippen molar-refractivity contribution in [3.63, 3.8) is 0 Å². The number of hydrogen-bond acceptors (Lipinski definition) is 3. The highest BCUT2D eigenvalue weighted by atomic mass is 35.5. The molecule has 0 aliphatic rings. The van der Waals surface area contributed by atoms with Crippen LogP contribution in [-0.2, 0) is 9.53 Å². The molecule has 0 aromatic heterocycles. The molecule has 0 amide bonds. The van der Waals surface area contributed by atoms with Crippen molar-refractivity contribution in [3.05, 3.63) is 29.3 Å². The van der Waals surface area contributed by atoms with Crippen molar-refractivity contribution in [1.29, 1.82) is 0 Å². The van der Waals surface area contributed by atoms with E-state index in [9.17, 15) is 4.79 Å². The van der Waals surface area contributed by atoms with Gasteiger partial charge in [-0.1, -0.05) is 11.6 Å². The molecule has 0 bridgehead atoms. The Kier molecular flexibility index (Phi) is 4.28. The molecular weight excluding hydrogens is 250 g/mol. The second-order valence-electron chi connectivity index (χ2n) is 5.76. The van der Waals surface area contributed by atoms with Crippen LogP contribution in [0.5, 0.6) is 0 Å². The normalized spacial score (nSPS) is 12.1. The predicted octanol–water partition coefficient (Wildman–Crippen LogP) is 3.87. The van der Waals surface area contributed by atoms with Gasteiger partial charge in [-0.3, -0.25) is 0 Å². The summed E-state index contributed by atoms with van der Waals surface area (Å²) in [5.41, 5.74) is -0.452. The van der Waals surface area contributed by atoms with Crippen molar-refractivity contribution < 1.29 is 9.53 Å². The average molecular weight is 270 g/mol. The minimum Gasteiger partial charge on any atom is -0.458 e. The monoisotopic (exact) mass is 269 g/mol. The number of halogens is 1. The third-order valence-electron chi connectivity index (χ3n) is 2.21. The maximum atomic E-state index is 12.0. The summed E-state index contributed by atoms with van der Waals surface area (Å²) in [7, 11) is 0. The Bertz CT molecular complexity index is 418. The molecule has 0 aliphatic heterocycles. The first kappa shape index (κ1) is 14.8. The van der Waals surface area contributed by atoms with Crippen LogP contribution in [0.3, 0.4) is 0 Å². The SMILES string of the molecule is CC(C)(C)OC(=O)C(C)(C)Nc1ccc(Cl)cc1. The van der Waals surface area contributed by atoms with E-state index in [1.54, 1.807) is 26.0 Å². The molecular formula is C14H20ClNO2. The molecule has 1 N–H and O–H groups in total. The van der Waals surface area contributed by atoms with Gasteiger partial charge in [0.2, 0.25) is 0 Å². The Morgan fingerprint density at radius 2 is 1.61 bits per heavy atom. The van der Waals surface area contributed by atoms with Crippen LogP contribution < -0.4 is 5.32 Å². The van der Waals surface area contributed by atoms with Gasteiger partial charge in [-0.25, -0.2) is 4.79 Å². The van der Waals surface area contributed by atoms with Crippen molar-refractivity contribution in [1.82, 2.24) is 0 Å².